The molecule has 0 unspecified atom stereocenters. The van der Waals surface area contributed by atoms with Crippen LogP contribution in [-0.2, 0) is 22.5 Å². The Hall–Kier alpha value is -4.43. The molecular weight excluding hydrogens is 468 g/mol. The average molecular weight is 497 g/mol. The standard InChI is InChI=1S/C29H28N4O4/c1-2-36-17-7-16-33-24-10-5-4-9-23(24)31-29(33)32-27(34)18-20-12-14-22(15-13-20)30-28(35)26-19-21-8-3-6-11-25(21)37-26/h3-6,8-15,19H,2,7,16-18H2,1H3,(H,30,35)(H,31,32,34). The Labute approximate surface area is 214 Å². The van der Waals surface area contributed by atoms with E-state index in [4.69, 9.17) is 9.15 Å². The number of furan rings is 1. The highest BCUT2D eigenvalue weighted by molar-refractivity contribution is 6.04. The highest BCUT2D eigenvalue weighted by atomic mass is 16.5. The fourth-order valence-electron chi connectivity index (χ4n) is 4.21. The lowest BCUT2D eigenvalue weighted by Crippen LogP contribution is -2.18. The summed E-state index contributed by atoms with van der Waals surface area (Å²) in [5, 5.41) is 6.67. The molecule has 37 heavy (non-hydrogen) atoms. The first kappa shape index (κ1) is 24.3. The molecule has 5 aromatic rings. The zero-order chi connectivity index (χ0) is 25.6. The SMILES string of the molecule is CCOCCCn1c(NC(=O)Cc2ccc(NC(=O)c3cc4ccccc4o3)cc2)nc2ccccc21. The highest BCUT2D eigenvalue weighted by Crippen LogP contribution is 2.22. The Kier molecular flexibility index (Phi) is 7.28. The van der Waals surface area contributed by atoms with Crippen LogP contribution >= 0.6 is 0 Å². The van der Waals surface area contributed by atoms with Crippen LogP contribution in [0.4, 0.5) is 11.6 Å². The molecule has 0 spiro atoms. The molecule has 2 amide bonds. The number of fused-ring (bicyclic) bond motifs is 2. The molecule has 8 heteroatoms. The summed E-state index contributed by atoms with van der Waals surface area (Å²) in [4.78, 5) is 30.0. The topological polar surface area (TPSA) is 98.4 Å². The maximum atomic E-state index is 12.8. The van der Waals surface area contributed by atoms with Crippen molar-refractivity contribution in [2.45, 2.75) is 26.3 Å². The second kappa shape index (κ2) is 11.1. The molecule has 3 aromatic carbocycles. The Bertz CT molecular complexity index is 1500. The molecule has 0 aliphatic heterocycles. The third-order valence-electron chi connectivity index (χ3n) is 6.01. The Balaban J connectivity index is 1.21. The first-order chi connectivity index (χ1) is 18.1. The van der Waals surface area contributed by atoms with Crippen LogP contribution in [0.25, 0.3) is 22.0 Å². The smallest absolute Gasteiger partial charge is 0.291 e. The van der Waals surface area contributed by atoms with Crippen molar-refractivity contribution in [1.82, 2.24) is 9.55 Å². The second-order valence-electron chi connectivity index (χ2n) is 8.65. The van der Waals surface area contributed by atoms with Crippen LogP contribution in [0.5, 0.6) is 0 Å². The van der Waals surface area contributed by atoms with Gasteiger partial charge in [0.15, 0.2) is 5.76 Å². The number of anilines is 2. The van der Waals surface area contributed by atoms with Crippen molar-refractivity contribution >= 4 is 45.5 Å². The summed E-state index contributed by atoms with van der Waals surface area (Å²) >= 11 is 0. The highest BCUT2D eigenvalue weighted by Gasteiger charge is 2.15. The van der Waals surface area contributed by atoms with Crippen molar-refractivity contribution in [3.05, 3.63) is 90.2 Å². The number of ether oxygens (including phenoxy) is 1. The van der Waals surface area contributed by atoms with Crippen molar-refractivity contribution in [1.29, 1.82) is 0 Å². The van der Waals surface area contributed by atoms with Crippen molar-refractivity contribution < 1.29 is 18.7 Å². The van der Waals surface area contributed by atoms with Crippen LogP contribution in [-0.4, -0.2) is 34.6 Å². The van der Waals surface area contributed by atoms with E-state index in [1.54, 1.807) is 18.2 Å². The van der Waals surface area contributed by atoms with E-state index in [1.807, 2.05) is 72.2 Å². The van der Waals surface area contributed by atoms with E-state index < -0.39 is 0 Å². The average Bonchev–Trinajstić information content (AvgIpc) is 3.49. The third-order valence-corrected chi connectivity index (χ3v) is 6.01. The quantitative estimate of drug-likeness (QED) is 0.244. The predicted octanol–water partition coefficient (Wildman–Crippen LogP) is 5.64. The van der Waals surface area contributed by atoms with Crippen LogP contribution in [0.2, 0.25) is 0 Å². The van der Waals surface area contributed by atoms with Crippen molar-refractivity contribution in [3.63, 3.8) is 0 Å². The van der Waals surface area contributed by atoms with Gasteiger partial charge in [-0.05, 0) is 55.3 Å². The minimum absolute atomic E-state index is 0.166. The van der Waals surface area contributed by atoms with Crippen LogP contribution in [0, 0.1) is 0 Å². The van der Waals surface area contributed by atoms with Crippen LogP contribution in [0.15, 0.2) is 83.3 Å². The Morgan fingerprint density at radius 3 is 2.57 bits per heavy atom. The molecule has 0 aliphatic carbocycles. The molecule has 0 atom stereocenters. The monoisotopic (exact) mass is 496 g/mol. The van der Waals surface area contributed by atoms with Gasteiger partial charge in [0.25, 0.3) is 5.91 Å². The molecule has 5 rings (SSSR count). The number of imidazole rings is 1. The summed E-state index contributed by atoms with van der Waals surface area (Å²) in [5.74, 6) is 0.275. The summed E-state index contributed by atoms with van der Waals surface area (Å²) in [6, 6.07) is 24.2. The number of aryl methyl sites for hydroxylation is 1. The number of rotatable bonds is 10. The molecule has 0 radical (unpaired) electrons. The van der Waals surface area contributed by atoms with Gasteiger partial charge in [0.05, 0.1) is 17.5 Å². The van der Waals surface area contributed by atoms with E-state index in [-0.39, 0.29) is 24.0 Å². The minimum atomic E-state index is -0.329. The number of hydrogen-bond acceptors (Lipinski definition) is 5. The van der Waals surface area contributed by atoms with E-state index in [2.05, 4.69) is 15.6 Å². The molecular formula is C29H28N4O4. The Morgan fingerprint density at radius 1 is 0.973 bits per heavy atom. The van der Waals surface area contributed by atoms with Crippen LogP contribution in [0.3, 0.4) is 0 Å². The molecule has 0 saturated heterocycles. The Morgan fingerprint density at radius 2 is 1.76 bits per heavy atom. The van der Waals surface area contributed by atoms with Gasteiger partial charge in [-0.3, -0.25) is 14.9 Å². The van der Waals surface area contributed by atoms with E-state index in [0.717, 1.165) is 28.4 Å². The molecule has 0 fully saturated rings. The number of para-hydroxylation sites is 3. The maximum absolute atomic E-state index is 12.8. The molecule has 0 bridgehead atoms. The first-order valence-electron chi connectivity index (χ1n) is 12.3. The molecule has 8 nitrogen and oxygen atoms in total. The van der Waals surface area contributed by atoms with E-state index in [9.17, 15) is 9.59 Å². The first-order valence-corrected chi connectivity index (χ1v) is 12.3. The molecule has 2 N–H and O–H groups in total. The van der Waals surface area contributed by atoms with E-state index in [1.165, 1.54) is 0 Å². The third kappa shape index (κ3) is 5.70. The summed E-state index contributed by atoms with van der Waals surface area (Å²) in [7, 11) is 0. The van der Waals surface area contributed by atoms with Gasteiger partial charge in [-0.25, -0.2) is 4.98 Å². The predicted molar refractivity (Wildman–Crippen MR) is 144 cm³/mol. The second-order valence-corrected chi connectivity index (χ2v) is 8.65. The zero-order valence-electron chi connectivity index (χ0n) is 20.6. The van der Waals surface area contributed by atoms with E-state index in [0.29, 0.717) is 37.0 Å². The van der Waals surface area contributed by atoms with Gasteiger partial charge in [-0.2, -0.15) is 0 Å². The van der Waals surface area contributed by atoms with Gasteiger partial charge in [0.2, 0.25) is 11.9 Å². The minimum Gasteiger partial charge on any atom is -0.451 e. The lowest BCUT2D eigenvalue weighted by Gasteiger charge is -2.10. The fourth-order valence-corrected chi connectivity index (χ4v) is 4.21. The van der Waals surface area contributed by atoms with Crippen LogP contribution < -0.4 is 10.6 Å². The molecule has 2 aromatic heterocycles. The van der Waals surface area contributed by atoms with Gasteiger partial charge in [-0.15, -0.1) is 0 Å². The molecule has 0 aliphatic rings. The molecule has 0 saturated carbocycles. The fraction of sp³-hybridized carbons (Fsp3) is 0.207. The van der Waals surface area contributed by atoms with Gasteiger partial charge in [-0.1, -0.05) is 42.5 Å². The number of aromatic nitrogens is 2. The van der Waals surface area contributed by atoms with Crippen molar-refractivity contribution in [2.24, 2.45) is 0 Å². The number of amides is 2. The molecule has 2 heterocycles. The number of nitrogens with zero attached hydrogens (tertiary/aromatic N) is 2. The number of hydrogen-bond donors (Lipinski definition) is 2. The number of carbonyl (C=O) groups is 2. The lowest BCUT2D eigenvalue weighted by atomic mass is 10.1. The van der Waals surface area contributed by atoms with Crippen molar-refractivity contribution in [2.75, 3.05) is 23.8 Å². The largest absolute Gasteiger partial charge is 0.451 e. The maximum Gasteiger partial charge on any atom is 0.291 e. The van der Waals surface area contributed by atoms with Crippen molar-refractivity contribution in [3.8, 4) is 0 Å². The number of carbonyl (C=O) groups excluding carboxylic acids is 2. The van der Waals surface area contributed by atoms with Gasteiger partial charge in [0, 0.05) is 30.8 Å². The summed E-state index contributed by atoms with van der Waals surface area (Å²) < 4.78 is 13.1. The molecule has 188 valence electrons. The van der Waals surface area contributed by atoms with Gasteiger partial charge < -0.3 is 19.0 Å². The van der Waals surface area contributed by atoms with Gasteiger partial charge >= 0.3 is 0 Å². The summed E-state index contributed by atoms with van der Waals surface area (Å²) in [5.41, 5.74) is 3.90. The van der Waals surface area contributed by atoms with Crippen LogP contribution in [0.1, 0.15) is 29.5 Å². The zero-order valence-corrected chi connectivity index (χ0v) is 20.6. The number of benzene rings is 3. The van der Waals surface area contributed by atoms with Gasteiger partial charge in [0.1, 0.15) is 5.58 Å². The summed E-state index contributed by atoms with van der Waals surface area (Å²) in [6.45, 7) is 3.99. The lowest BCUT2D eigenvalue weighted by molar-refractivity contribution is -0.115. The normalized spacial score (nSPS) is 11.2. The number of nitrogens with one attached hydrogen (secondary N) is 2. The van der Waals surface area contributed by atoms with E-state index >= 15 is 0 Å². The summed E-state index contributed by atoms with van der Waals surface area (Å²) in [6.07, 6.45) is 0.998.